The second-order valence-electron chi connectivity index (χ2n) is 3.96. The normalized spacial score (nSPS) is 13.8. The third kappa shape index (κ3) is 7.57. The Morgan fingerprint density at radius 1 is 1.29 bits per heavy atom. The quantitative estimate of drug-likeness (QED) is 0.591. The first-order valence-corrected chi connectivity index (χ1v) is 5.78. The largest absolute Gasteiger partial charge is 0.481 e. The van der Waals surface area contributed by atoms with Crippen LogP contribution in [0.25, 0.3) is 0 Å². The maximum atomic E-state index is 11.3. The summed E-state index contributed by atoms with van der Waals surface area (Å²) in [5.74, 6) is -1.40. The van der Waals surface area contributed by atoms with Crippen molar-refractivity contribution in [3.05, 3.63) is 0 Å². The van der Waals surface area contributed by atoms with Gasteiger partial charge in [0, 0.05) is 20.2 Å². The third-order valence-electron chi connectivity index (χ3n) is 2.45. The fraction of sp³-hybridized carbons (Fsp3) is 0.818. The molecule has 0 saturated carbocycles. The molecule has 2 amide bonds. The minimum atomic E-state index is -0.877. The van der Waals surface area contributed by atoms with E-state index in [-0.39, 0.29) is 18.7 Å². The molecule has 0 aromatic carbocycles. The number of urea groups is 1. The molecule has 100 valence electrons. The molecule has 0 saturated heterocycles. The molecule has 0 spiro atoms. The van der Waals surface area contributed by atoms with E-state index in [2.05, 4.69) is 10.6 Å². The Morgan fingerprint density at radius 2 is 1.88 bits per heavy atom. The van der Waals surface area contributed by atoms with Gasteiger partial charge in [-0.05, 0) is 13.3 Å². The van der Waals surface area contributed by atoms with Gasteiger partial charge in [0.05, 0.1) is 12.0 Å². The van der Waals surface area contributed by atoms with Crippen LogP contribution in [0.2, 0.25) is 0 Å². The lowest BCUT2D eigenvalue weighted by molar-refractivity contribution is -0.141. The highest BCUT2D eigenvalue weighted by Crippen LogP contribution is 2.04. The molecule has 2 atom stereocenters. The number of carbonyl (C=O) groups is 2. The SMILES string of the molecule is CCCC(CNC(=O)NCC(C)OC)C(=O)O. The lowest BCUT2D eigenvalue weighted by Gasteiger charge is -2.14. The summed E-state index contributed by atoms with van der Waals surface area (Å²) in [4.78, 5) is 22.1. The molecule has 6 nitrogen and oxygen atoms in total. The number of aliphatic carboxylic acids is 1. The number of ether oxygens (including phenoxy) is 1. The fourth-order valence-corrected chi connectivity index (χ4v) is 1.26. The van der Waals surface area contributed by atoms with Crippen molar-refractivity contribution in [2.45, 2.75) is 32.8 Å². The summed E-state index contributed by atoms with van der Waals surface area (Å²) in [6.07, 6.45) is 1.28. The summed E-state index contributed by atoms with van der Waals surface area (Å²) in [6.45, 7) is 4.29. The van der Waals surface area contributed by atoms with Crippen LogP contribution in [0, 0.1) is 5.92 Å². The van der Waals surface area contributed by atoms with Crippen LogP contribution in [0.3, 0.4) is 0 Å². The van der Waals surface area contributed by atoms with E-state index in [9.17, 15) is 9.59 Å². The highest BCUT2D eigenvalue weighted by Gasteiger charge is 2.17. The number of carboxylic acids is 1. The number of hydrogen-bond acceptors (Lipinski definition) is 3. The predicted molar refractivity (Wildman–Crippen MR) is 63.9 cm³/mol. The van der Waals surface area contributed by atoms with Crippen molar-refractivity contribution in [2.75, 3.05) is 20.2 Å². The molecule has 0 radical (unpaired) electrons. The van der Waals surface area contributed by atoms with E-state index in [1.807, 2.05) is 13.8 Å². The minimum absolute atomic E-state index is 0.0633. The molecule has 0 aromatic heterocycles. The van der Waals surface area contributed by atoms with E-state index in [0.717, 1.165) is 6.42 Å². The Morgan fingerprint density at radius 3 is 2.35 bits per heavy atom. The second-order valence-corrected chi connectivity index (χ2v) is 3.96. The Hall–Kier alpha value is -1.30. The molecule has 3 N–H and O–H groups in total. The number of amides is 2. The molecule has 0 aliphatic carbocycles. The highest BCUT2D eigenvalue weighted by molar-refractivity contribution is 5.75. The van der Waals surface area contributed by atoms with E-state index in [0.29, 0.717) is 13.0 Å². The third-order valence-corrected chi connectivity index (χ3v) is 2.45. The number of hydrogen-bond donors (Lipinski definition) is 3. The van der Waals surface area contributed by atoms with Crippen LogP contribution in [0.4, 0.5) is 4.79 Å². The zero-order chi connectivity index (χ0) is 13.3. The Kier molecular flexibility index (Phi) is 8.13. The van der Waals surface area contributed by atoms with Crippen molar-refractivity contribution in [1.82, 2.24) is 10.6 Å². The molecule has 0 aliphatic rings. The second kappa shape index (κ2) is 8.81. The number of methoxy groups -OCH3 is 1. The lowest BCUT2D eigenvalue weighted by atomic mass is 10.0. The van der Waals surface area contributed by atoms with Crippen molar-refractivity contribution >= 4 is 12.0 Å². The van der Waals surface area contributed by atoms with Crippen LogP contribution >= 0.6 is 0 Å². The van der Waals surface area contributed by atoms with Gasteiger partial charge in [-0.15, -0.1) is 0 Å². The molecule has 0 rings (SSSR count). The average molecular weight is 246 g/mol. The van der Waals surface area contributed by atoms with Gasteiger partial charge < -0.3 is 20.5 Å². The van der Waals surface area contributed by atoms with Gasteiger partial charge in [-0.2, -0.15) is 0 Å². The van der Waals surface area contributed by atoms with Gasteiger partial charge in [0.25, 0.3) is 0 Å². The summed E-state index contributed by atoms with van der Waals surface area (Å²) in [6, 6.07) is -0.365. The van der Waals surface area contributed by atoms with Gasteiger partial charge in [0.2, 0.25) is 0 Å². The minimum Gasteiger partial charge on any atom is -0.481 e. The number of carbonyl (C=O) groups excluding carboxylic acids is 1. The van der Waals surface area contributed by atoms with Gasteiger partial charge in [0.1, 0.15) is 0 Å². The molecule has 0 fully saturated rings. The summed E-state index contributed by atoms with van der Waals surface area (Å²) in [5.41, 5.74) is 0. The fourth-order valence-electron chi connectivity index (χ4n) is 1.26. The molecule has 2 unspecified atom stereocenters. The van der Waals surface area contributed by atoms with Gasteiger partial charge in [0.15, 0.2) is 0 Å². The zero-order valence-corrected chi connectivity index (χ0v) is 10.7. The van der Waals surface area contributed by atoms with Crippen LogP contribution in [-0.2, 0) is 9.53 Å². The van der Waals surface area contributed by atoms with Gasteiger partial charge in [-0.25, -0.2) is 4.79 Å². The standard InChI is InChI=1S/C11H22N2O4/c1-4-5-9(10(14)15)7-13-11(16)12-6-8(2)17-3/h8-9H,4-7H2,1-3H3,(H,14,15)(H2,12,13,16). The molecule has 0 aliphatic heterocycles. The molecule has 17 heavy (non-hydrogen) atoms. The van der Waals surface area contributed by atoms with Gasteiger partial charge in [-0.3, -0.25) is 4.79 Å². The molecule has 0 bridgehead atoms. The average Bonchev–Trinajstić information content (AvgIpc) is 2.30. The van der Waals surface area contributed by atoms with Crippen LogP contribution in [0.5, 0.6) is 0 Å². The summed E-state index contributed by atoms with van der Waals surface area (Å²) in [5, 5.41) is 14.0. The number of carboxylic acid groups (broad SMARTS) is 1. The molecule has 0 aromatic rings. The van der Waals surface area contributed by atoms with E-state index in [1.165, 1.54) is 0 Å². The Bertz CT molecular complexity index is 246. The number of rotatable bonds is 8. The Labute approximate surface area is 102 Å². The molecule has 0 heterocycles. The van der Waals surface area contributed by atoms with Crippen LogP contribution < -0.4 is 10.6 Å². The maximum Gasteiger partial charge on any atom is 0.314 e. The van der Waals surface area contributed by atoms with Crippen molar-refractivity contribution in [2.24, 2.45) is 5.92 Å². The van der Waals surface area contributed by atoms with Crippen molar-refractivity contribution in [1.29, 1.82) is 0 Å². The van der Waals surface area contributed by atoms with Gasteiger partial charge >= 0.3 is 12.0 Å². The predicted octanol–water partition coefficient (Wildman–Crippen LogP) is 0.821. The lowest BCUT2D eigenvalue weighted by Crippen LogP contribution is -2.42. The summed E-state index contributed by atoms with van der Waals surface area (Å²) < 4.78 is 4.97. The smallest absolute Gasteiger partial charge is 0.314 e. The van der Waals surface area contributed by atoms with E-state index < -0.39 is 11.9 Å². The summed E-state index contributed by atoms with van der Waals surface area (Å²) >= 11 is 0. The zero-order valence-electron chi connectivity index (χ0n) is 10.7. The maximum absolute atomic E-state index is 11.3. The number of nitrogens with one attached hydrogen (secondary N) is 2. The Balaban J connectivity index is 3.84. The first-order valence-electron chi connectivity index (χ1n) is 5.78. The summed E-state index contributed by atoms with van der Waals surface area (Å²) in [7, 11) is 1.56. The molecule has 6 heteroatoms. The van der Waals surface area contributed by atoms with E-state index in [1.54, 1.807) is 7.11 Å². The van der Waals surface area contributed by atoms with Crippen molar-refractivity contribution in [3.8, 4) is 0 Å². The first kappa shape index (κ1) is 15.7. The van der Waals surface area contributed by atoms with E-state index in [4.69, 9.17) is 9.84 Å². The monoisotopic (exact) mass is 246 g/mol. The van der Waals surface area contributed by atoms with Crippen LogP contribution in [0.15, 0.2) is 0 Å². The topological polar surface area (TPSA) is 87.7 Å². The van der Waals surface area contributed by atoms with Gasteiger partial charge in [-0.1, -0.05) is 13.3 Å². The molecular formula is C11H22N2O4. The van der Waals surface area contributed by atoms with Crippen LogP contribution in [-0.4, -0.2) is 43.4 Å². The molecular weight excluding hydrogens is 224 g/mol. The van der Waals surface area contributed by atoms with E-state index >= 15 is 0 Å². The first-order chi connectivity index (χ1) is 8.01. The highest BCUT2D eigenvalue weighted by atomic mass is 16.5. The van der Waals surface area contributed by atoms with Crippen molar-refractivity contribution in [3.63, 3.8) is 0 Å². The van der Waals surface area contributed by atoms with Crippen LogP contribution in [0.1, 0.15) is 26.7 Å². The van der Waals surface area contributed by atoms with Crippen molar-refractivity contribution < 1.29 is 19.4 Å².